The third-order valence-corrected chi connectivity index (χ3v) is 3.41. The first-order valence-electron chi connectivity index (χ1n) is 6.18. The highest BCUT2D eigenvalue weighted by Gasteiger charge is 2.24. The van der Waals surface area contributed by atoms with Gasteiger partial charge < -0.3 is 15.5 Å². The second-order valence-corrected chi connectivity index (χ2v) is 5.27. The molecule has 3 nitrogen and oxygen atoms in total. The molecule has 2 unspecified atom stereocenters. The average molecular weight is 213 g/mol. The standard InChI is InChI=1S/C12H27N3/c1-14(2)8-5-9-15(3)10-11-6-4-7-12(11)13/h11-12H,4-10,13H2,1-3H3. The van der Waals surface area contributed by atoms with Crippen molar-refractivity contribution in [2.24, 2.45) is 11.7 Å². The van der Waals surface area contributed by atoms with Crippen LogP contribution >= 0.6 is 0 Å². The quantitative estimate of drug-likeness (QED) is 0.714. The van der Waals surface area contributed by atoms with E-state index in [2.05, 4.69) is 30.9 Å². The largest absolute Gasteiger partial charge is 0.327 e. The van der Waals surface area contributed by atoms with Crippen LogP contribution in [0.4, 0.5) is 0 Å². The molecule has 0 aromatic rings. The van der Waals surface area contributed by atoms with Crippen LogP contribution in [0.25, 0.3) is 0 Å². The second-order valence-electron chi connectivity index (χ2n) is 5.27. The van der Waals surface area contributed by atoms with Gasteiger partial charge in [0, 0.05) is 12.6 Å². The summed E-state index contributed by atoms with van der Waals surface area (Å²) >= 11 is 0. The van der Waals surface area contributed by atoms with Crippen molar-refractivity contribution < 1.29 is 0 Å². The molecular weight excluding hydrogens is 186 g/mol. The van der Waals surface area contributed by atoms with Gasteiger partial charge in [-0.25, -0.2) is 0 Å². The van der Waals surface area contributed by atoms with Gasteiger partial charge in [-0.15, -0.1) is 0 Å². The minimum absolute atomic E-state index is 0.460. The SMILES string of the molecule is CN(C)CCCN(C)CC1CCCC1N. The molecule has 2 atom stereocenters. The van der Waals surface area contributed by atoms with Crippen LogP contribution in [0.15, 0.2) is 0 Å². The average Bonchev–Trinajstić information content (AvgIpc) is 2.51. The van der Waals surface area contributed by atoms with Crippen molar-refractivity contribution in [3.05, 3.63) is 0 Å². The molecule has 1 aliphatic carbocycles. The minimum Gasteiger partial charge on any atom is -0.327 e. The van der Waals surface area contributed by atoms with Crippen LogP contribution in [0.2, 0.25) is 0 Å². The van der Waals surface area contributed by atoms with E-state index in [9.17, 15) is 0 Å². The Labute approximate surface area is 94.6 Å². The van der Waals surface area contributed by atoms with Crippen molar-refractivity contribution in [1.82, 2.24) is 9.80 Å². The van der Waals surface area contributed by atoms with Crippen LogP contribution in [0.3, 0.4) is 0 Å². The maximum absolute atomic E-state index is 6.07. The third-order valence-electron chi connectivity index (χ3n) is 3.41. The van der Waals surface area contributed by atoms with Crippen molar-refractivity contribution in [2.75, 3.05) is 40.8 Å². The molecule has 15 heavy (non-hydrogen) atoms. The van der Waals surface area contributed by atoms with Gasteiger partial charge in [-0.2, -0.15) is 0 Å². The zero-order chi connectivity index (χ0) is 11.3. The molecule has 1 aliphatic rings. The van der Waals surface area contributed by atoms with Crippen LogP contribution < -0.4 is 5.73 Å². The van der Waals surface area contributed by atoms with Crippen LogP contribution in [-0.4, -0.2) is 56.6 Å². The van der Waals surface area contributed by atoms with Crippen LogP contribution in [0.1, 0.15) is 25.7 Å². The van der Waals surface area contributed by atoms with E-state index in [1.54, 1.807) is 0 Å². The summed E-state index contributed by atoms with van der Waals surface area (Å²) in [5.41, 5.74) is 6.07. The number of rotatable bonds is 6. The van der Waals surface area contributed by atoms with Crippen LogP contribution in [-0.2, 0) is 0 Å². The molecule has 0 bridgehead atoms. The van der Waals surface area contributed by atoms with Crippen molar-refractivity contribution >= 4 is 0 Å². The highest BCUT2D eigenvalue weighted by atomic mass is 15.1. The van der Waals surface area contributed by atoms with Crippen LogP contribution in [0, 0.1) is 5.92 Å². The maximum atomic E-state index is 6.07. The van der Waals surface area contributed by atoms with Gasteiger partial charge >= 0.3 is 0 Å². The summed E-state index contributed by atoms with van der Waals surface area (Å²) in [5.74, 6) is 0.745. The highest BCUT2D eigenvalue weighted by molar-refractivity contribution is 4.81. The first kappa shape index (κ1) is 12.9. The van der Waals surface area contributed by atoms with E-state index < -0.39 is 0 Å². The van der Waals surface area contributed by atoms with Gasteiger partial charge in [0.2, 0.25) is 0 Å². The Balaban J connectivity index is 2.09. The van der Waals surface area contributed by atoms with Crippen molar-refractivity contribution in [3.8, 4) is 0 Å². The molecule has 0 radical (unpaired) electrons. The van der Waals surface area contributed by atoms with E-state index in [1.807, 2.05) is 0 Å². The predicted octanol–water partition coefficient (Wildman–Crippen LogP) is 0.997. The Morgan fingerprint density at radius 3 is 2.40 bits per heavy atom. The smallest absolute Gasteiger partial charge is 0.00793 e. The number of nitrogens with zero attached hydrogens (tertiary/aromatic N) is 2. The van der Waals surface area contributed by atoms with Gasteiger partial charge in [-0.3, -0.25) is 0 Å². The summed E-state index contributed by atoms with van der Waals surface area (Å²) in [7, 11) is 6.49. The molecule has 1 saturated carbocycles. The van der Waals surface area contributed by atoms with Crippen molar-refractivity contribution in [2.45, 2.75) is 31.7 Å². The molecule has 2 N–H and O–H groups in total. The fraction of sp³-hybridized carbons (Fsp3) is 1.00. The molecule has 0 aromatic heterocycles. The second kappa shape index (κ2) is 6.46. The summed E-state index contributed by atoms with van der Waals surface area (Å²) in [6.07, 6.45) is 5.15. The summed E-state index contributed by atoms with van der Waals surface area (Å²) in [6, 6.07) is 0.460. The molecular formula is C12H27N3. The van der Waals surface area contributed by atoms with Crippen LogP contribution in [0.5, 0.6) is 0 Å². The lowest BCUT2D eigenvalue weighted by atomic mass is 10.0. The number of hydrogen-bond donors (Lipinski definition) is 1. The van der Waals surface area contributed by atoms with Crippen molar-refractivity contribution in [3.63, 3.8) is 0 Å². The third kappa shape index (κ3) is 4.96. The first-order chi connectivity index (χ1) is 7.09. The molecule has 0 aliphatic heterocycles. The predicted molar refractivity (Wildman–Crippen MR) is 66.0 cm³/mol. The molecule has 0 aromatic carbocycles. The monoisotopic (exact) mass is 213 g/mol. The Kier molecular flexibility index (Phi) is 5.58. The summed E-state index contributed by atoms with van der Waals surface area (Å²) < 4.78 is 0. The van der Waals surface area contributed by atoms with Crippen molar-refractivity contribution in [1.29, 1.82) is 0 Å². The molecule has 0 spiro atoms. The first-order valence-corrected chi connectivity index (χ1v) is 6.18. The normalized spacial score (nSPS) is 26.8. The van der Waals surface area contributed by atoms with Gasteiger partial charge in [-0.1, -0.05) is 6.42 Å². The van der Waals surface area contributed by atoms with Gasteiger partial charge in [0.25, 0.3) is 0 Å². The molecule has 90 valence electrons. The molecule has 0 saturated heterocycles. The molecule has 3 heteroatoms. The van der Waals surface area contributed by atoms with Gasteiger partial charge in [0.05, 0.1) is 0 Å². The Bertz CT molecular complexity index is 170. The molecule has 0 amide bonds. The summed E-state index contributed by atoms with van der Waals surface area (Å²) in [6.45, 7) is 3.57. The highest BCUT2D eigenvalue weighted by Crippen LogP contribution is 2.24. The van der Waals surface area contributed by atoms with E-state index in [-0.39, 0.29) is 0 Å². The van der Waals surface area contributed by atoms with E-state index in [4.69, 9.17) is 5.73 Å². The van der Waals surface area contributed by atoms with E-state index in [0.717, 1.165) is 5.92 Å². The molecule has 1 fully saturated rings. The molecule has 0 heterocycles. The minimum atomic E-state index is 0.460. The van der Waals surface area contributed by atoms with E-state index in [1.165, 1.54) is 45.3 Å². The van der Waals surface area contributed by atoms with Gasteiger partial charge in [-0.05, 0) is 59.4 Å². The lowest BCUT2D eigenvalue weighted by Gasteiger charge is -2.24. The Morgan fingerprint density at radius 1 is 1.13 bits per heavy atom. The Morgan fingerprint density at radius 2 is 1.87 bits per heavy atom. The summed E-state index contributed by atoms with van der Waals surface area (Å²) in [4.78, 5) is 4.69. The maximum Gasteiger partial charge on any atom is 0.00793 e. The number of hydrogen-bond acceptors (Lipinski definition) is 3. The zero-order valence-corrected chi connectivity index (χ0v) is 10.6. The van der Waals surface area contributed by atoms with E-state index in [0.29, 0.717) is 6.04 Å². The molecule has 1 rings (SSSR count). The zero-order valence-electron chi connectivity index (χ0n) is 10.6. The van der Waals surface area contributed by atoms with Gasteiger partial charge in [0.15, 0.2) is 0 Å². The topological polar surface area (TPSA) is 32.5 Å². The number of nitrogens with two attached hydrogens (primary N) is 1. The lowest BCUT2D eigenvalue weighted by molar-refractivity contribution is 0.251. The summed E-state index contributed by atoms with van der Waals surface area (Å²) in [5, 5.41) is 0. The van der Waals surface area contributed by atoms with Gasteiger partial charge in [0.1, 0.15) is 0 Å². The Hall–Kier alpha value is -0.120. The fourth-order valence-corrected chi connectivity index (χ4v) is 2.44. The fourth-order valence-electron chi connectivity index (χ4n) is 2.44. The van der Waals surface area contributed by atoms with E-state index >= 15 is 0 Å². The lowest BCUT2D eigenvalue weighted by Crippen LogP contribution is -2.35.